The van der Waals surface area contributed by atoms with Crippen LogP contribution < -0.4 is 0 Å². The third kappa shape index (κ3) is 4.88. The highest BCUT2D eigenvalue weighted by molar-refractivity contribution is 7.88. The van der Waals surface area contributed by atoms with Crippen molar-refractivity contribution in [2.45, 2.75) is 45.3 Å². The van der Waals surface area contributed by atoms with Crippen LogP contribution in [0.3, 0.4) is 0 Å². The molecule has 2 aliphatic rings. The summed E-state index contributed by atoms with van der Waals surface area (Å²) in [5, 5.41) is 0. The van der Waals surface area contributed by atoms with Gasteiger partial charge in [-0.2, -0.15) is 0 Å². The molecule has 7 heteroatoms. The Labute approximate surface area is 161 Å². The van der Waals surface area contributed by atoms with E-state index in [2.05, 4.69) is 13.8 Å². The average molecular weight is 397 g/mol. The molecule has 0 aromatic heterocycles. The Bertz CT molecular complexity index is 786. The summed E-state index contributed by atoms with van der Waals surface area (Å²) in [6.45, 7) is 6.59. The average Bonchev–Trinajstić information content (AvgIpc) is 2.62. The number of hydrogen-bond acceptors (Lipinski definition) is 3. The van der Waals surface area contributed by atoms with Gasteiger partial charge in [0.05, 0.1) is 5.75 Å². The number of carbonyl (C=O) groups is 1. The number of amides is 1. The lowest BCUT2D eigenvalue weighted by Crippen LogP contribution is -2.49. The molecule has 150 valence electrons. The van der Waals surface area contributed by atoms with Crippen molar-refractivity contribution in [1.29, 1.82) is 0 Å². The highest BCUT2D eigenvalue weighted by atomic mass is 32.2. The Morgan fingerprint density at radius 3 is 2.48 bits per heavy atom. The fourth-order valence-corrected chi connectivity index (χ4v) is 5.73. The van der Waals surface area contributed by atoms with Gasteiger partial charge in [-0.3, -0.25) is 4.79 Å². The lowest BCUT2D eigenvalue weighted by molar-refractivity contribution is -0.139. The minimum Gasteiger partial charge on any atom is -0.342 e. The van der Waals surface area contributed by atoms with E-state index in [0.717, 1.165) is 25.9 Å². The van der Waals surface area contributed by atoms with E-state index in [9.17, 15) is 17.6 Å². The number of likely N-dealkylation sites (tertiary alicyclic amines) is 1. The van der Waals surface area contributed by atoms with Crippen molar-refractivity contribution in [2.75, 3.05) is 26.2 Å². The van der Waals surface area contributed by atoms with Crippen molar-refractivity contribution < 1.29 is 17.6 Å². The van der Waals surface area contributed by atoms with E-state index in [1.54, 1.807) is 12.1 Å². The second-order valence-corrected chi connectivity index (χ2v) is 10.5. The Kier molecular flexibility index (Phi) is 5.91. The zero-order chi connectivity index (χ0) is 19.7. The number of hydrogen-bond donors (Lipinski definition) is 0. The van der Waals surface area contributed by atoms with Crippen LogP contribution in [0, 0.1) is 17.2 Å². The monoisotopic (exact) mass is 396 g/mol. The van der Waals surface area contributed by atoms with Crippen LogP contribution in [0.1, 0.15) is 45.1 Å². The van der Waals surface area contributed by atoms with Crippen LogP contribution >= 0.6 is 0 Å². The smallest absolute Gasteiger partial charge is 0.225 e. The molecule has 0 saturated carbocycles. The second kappa shape index (κ2) is 7.87. The van der Waals surface area contributed by atoms with Crippen LogP contribution in [0.15, 0.2) is 24.3 Å². The third-order valence-electron chi connectivity index (χ3n) is 5.70. The molecule has 5 nitrogen and oxygen atoms in total. The lowest BCUT2D eigenvalue weighted by Gasteiger charge is -2.40. The largest absolute Gasteiger partial charge is 0.342 e. The zero-order valence-corrected chi connectivity index (χ0v) is 17.0. The van der Waals surface area contributed by atoms with Crippen molar-refractivity contribution in [3.8, 4) is 0 Å². The number of benzene rings is 1. The molecule has 1 amide bonds. The number of rotatable bonds is 4. The fraction of sp³-hybridized carbons (Fsp3) is 0.650. The summed E-state index contributed by atoms with van der Waals surface area (Å²) in [5.41, 5.74) is 0.337. The number of nitrogens with zero attached hydrogens (tertiary/aromatic N) is 2. The van der Waals surface area contributed by atoms with Gasteiger partial charge in [-0.15, -0.1) is 0 Å². The molecule has 1 aromatic rings. The van der Waals surface area contributed by atoms with Crippen LogP contribution in [0.25, 0.3) is 0 Å². The summed E-state index contributed by atoms with van der Waals surface area (Å²) in [6, 6.07) is 5.96. The highest BCUT2D eigenvalue weighted by Crippen LogP contribution is 2.31. The molecule has 3 rings (SSSR count). The van der Waals surface area contributed by atoms with Crippen molar-refractivity contribution in [3.63, 3.8) is 0 Å². The van der Waals surface area contributed by atoms with E-state index in [-0.39, 0.29) is 28.6 Å². The lowest BCUT2D eigenvalue weighted by atomic mass is 9.83. The number of sulfonamides is 1. The van der Waals surface area contributed by atoms with Crippen molar-refractivity contribution in [2.24, 2.45) is 11.3 Å². The molecule has 0 unspecified atom stereocenters. The second-order valence-electron chi connectivity index (χ2n) is 8.55. The first-order chi connectivity index (χ1) is 12.7. The molecule has 27 heavy (non-hydrogen) atoms. The maximum absolute atomic E-state index is 13.8. The van der Waals surface area contributed by atoms with Crippen LogP contribution in [0.5, 0.6) is 0 Å². The quantitative estimate of drug-likeness (QED) is 0.786. The van der Waals surface area contributed by atoms with Gasteiger partial charge in [0.1, 0.15) is 5.82 Å². The highest BCUT2D eigenvalue weighted by Gasteiger charge is 2.36. The maximum Gasteiger partial charge on any atom is 0.225 e. The predicted octanol–water partition coefficient (Wildman–Crippen LogP) is 3.02. The SMILES string of the molecule is CC1(C)CCCN(C(=O)C2CCN(S(=O)(=O)Cc3ccccc3F)CC2)C1. The normalized spacial score (nSPS) is 22.0. The van der Waals surface area contributed by atoms with E-state index in [1.165, 1.54) is 16.4 Å². The summed E-state index contributed by atoms with van der Waals surface area (Å²) in [6.07, 6.45) is 3.22. The van der Waals surface area contributed by atoms with Crippen molar-refractivity contribution >= 4 is 15.9 Å². The van der Waals surface area contributed by atoms with E-state index in [1.807, 2.05) is 4.90 Å². The molecule has 0 N–H and O–H groups in total. The molecule has 2 saturated heterocycles. The third-order valence-corrected chi connectivity index (χ3v) is 7.53. The van der Waals surface area contributed by atoms with Crippen molar-refractivity contribution in [1.82, 2.24) is 9.21 Å². The van der Waals surface area contributed by atoms with Gasteiger partial charge in [-0.1, -0.05) is 32.0 Å². The van der Waals surface area contributed by atoms with Gasteiger partial charge in [-0.25, -0.2) is 17.1 Å². The zero-order valence-electron chi connectivity index (χ0n) is 16.2. The first-order valence-corrected chi connectivity index (χ1v) is 11.3. The van der Waals surface area contributed by atoms with E-state index >= 15 is 0 Å². The van der Waals surface area contributed by atoms with Crippen LogP contribution in [0.4, 0.5) is 4.39 Å². The summed E-state index contributed by atoms with van der Waals surface area (Å²) in [7, 11) is -3.58. The van der Waals surface area contributed by atoms with Crippen molar-refractivity contribution in [3.05, 3.63) is 35.6 Å². The summed E-state index contributed by atoms with van der Waals surface area (Å²) >= 11 is 0. The Hall–Kier alpha value is -1.47. The van der Waals surface area contributed by atoms with Gasteiger partial charge in [-0.05, 0) is 37.2 Å². The molecular formula is C20H29FN2O3S. The van der Waals surface area contributed by atoms with Gasteiger partial charge < -0.3 is 4.90 Å². The summed E-state index contributed by atoms with van der Waals surface area (Å²) in [5.74, 6) is -0.787. The topological polar surface area (TPSA) is 57.7 Å². The maximum atomic E-state index is 13.8. The molecule has 0 aliphatic carbocycles. The van der Waals surface area contributed by atoms with Crippen LogP contribution in [-0.4, -0.2) is 49.7 Å². The summed E-state index contributed by atoms with van der Waals surface area (Å²) < 4.78 is 40.5. The minimum absolute atomic E-state index is 0.112. The fourth-order valence-electron chi connectivity index (χ4n) is 4.15. The molecule has 2 fully saturated rings. The first-order valence-electron chi connectivity index (χ1n) is 9.68. The predicted molar refractivity (Wildman–Crippen MR) is 103 cm³/mol. The van der Waals surface area contributed by atoms with Gasteiger partial charge >= 0.3 is 0 Å². The standard InChI is InChI=1S/C20H29FN2O3S/c1-20(2)10-5-11-22(15-20)19(24)16-8-12-23(13-9-16)27(25,26)14-17-6-3-4-7-18(17)21/h3-4,6-7,16H,5,8-15H2,1-2H3. The number of carbonyl (C=O) groups excluding carboxylic acids is 1. The molecule has 0 radical (unpaired) electrons. The number of halogens is 1. The van der Waals surface area contributed by atoms with Crippen LogP contribution in [-0.2, 0) is 20.6 Å². The molecule has 2 heterocycles. The Balaban J connectivity index is 1.58. The molecule has 0 bridgehead atoms. The van der Waals surface area contributed by atoms with Gasteiger partial charge in [0.2, 0.25) is 15.9 Å². The van der Waals surface area contributed by atoms with Gasteiger partial charge in [0, 0.05) is 37.7 Å². The molecular weight excluding hydrogens is 367 g/mol. The Morgan fingerprint density at radius 1 is 1.19 bits per heavy atom. The minimum atomic E-state index is -3.58. The Morgan fingerprint density at radius 2 is 1.85 bits per heavy atom. The van der Waals surface area contributed by atoms with Gasteiger partial charge in [0.25, 0.3) is 0 Å². The summed E-state index contributed by atoms with van der Waals surface area (Å²) in [4.78, 5) is 14.8. The molecule has 0 atom stereocenters. The van der Waals surface area contributed by atoms with Gasteiger partial charge in [0.15, 0.2) is 0 Å². The molecule has 0 spiro atoms. The van der Waals surface area contributed by atoms with E-state index in [4.69, 9.17) is 0 Å². The molecule has 2 aliphatic heterocycles. The van der Waals surface area contributed by atoms with Crippen LogP contribution in [0.2, 0.25) is 0 Å². The molecule has 1 aromatic carbocycles. The first kappa shape index (κ1) is 20.3. The van der Waals surface area contributed by atoms with E-state index in [0.29, 0.717) is 25.9 Å². The van der Waals surface area contributed by atoms with E-state index < -0.39 is 15.8 Å². The number of piperidine rings is 2.